The number of nitrogens with zero attached hydrogens (tertiary/aromatic N) is 4. The maximum Gasteiger partial charge on any atom is 0.276 e. The molecular weight excluding hydrogens is 448 g/mol. The molecule has 0 aliphatic heterocycles. The summed E-state index contributed by atoms with van der Waals surface area (Å²) < 4.78 is 36.8. The summed E-state index contributed by atoms with van der Waals surface area (Å²) in [7, 11) is -0.439. The molecule has 0 unspecified atom stereocenters. The highest BCUT2D eigenvalue weighted by atomic mass is 32.2. The van der Waals surface area contributed by atoms with Crippen LogP contribution in [0.25, 0.3) is 11.5 Å². The fraction of sp³-hybridized carbons (Fsp3) is 0.364. The van der Waals surface area contributed by atoms with Gasteiger partial charge in [-0.25, -0.2) is 12.7 Å². The molecule has 10 heteroatoms. The summed E-state index contributed by atoms with van der Waals surface area (Å²) in [5.74, 6) is 1.69. The van der Waals surface area contributed by atoms with Crippen LogP contribution in [0.1, 0.15) is 13.8 Å². The number of thioether (sulfide) groups is 1. The van der Waals surface area contributed by atoms with Crippen molar-refractivity contribution in [1.82, 2.24) is 14.5 Å². The van der Waals surface area contributed by atoms with Crippen LogP contribution in [0.3, 0.4) is 0 Å². The molecule has 0 saturated carbocycles. The average molecular weight is 477 g/mol. The van der Waals surface area contributed by atoms with Crippen LogP contribution >= 0.6 is 11.8 Å². The van der Waals surface area contributed by atoms with Crippen LogP contribution in [0.2, 0.25) is 0 Å². The van der Waals surface area contributed by atoms with E-state index in [1.165, 1.54) is 42.3 Å². The summed E-state index contributed by atoms with van der Waals surface area (Å²) in [6.45, 7) is 6.60. The van der Waals surface area contributed by atoms with E-state index in [1.807, 2.05) is 12.1 Å². The summed E-state index contributed by atoms with van der Waals surface area (Å²) in [4.78, 5) is 2.50. The third-order valence-electron chi connectivity index (χ3n) is 4.83. The predicted octanol–water partition coefficient (Wildman–Crippen LogP) is 4.00. The predicted molar refractivity (Wildman–Crippen MR) is 127 cm³/mol. The number of hydrogen-bond acceptors (Lipinski definition) is 8. The molecular formula is C22H28N4O4S2. The molecule has 0 fully saturated rings. The molecule has 1 heterocycles. The average Bonchev–Trinajstić information content (AvgIpc) is 3.27. The monoisotopic (exact) mass is 476 g/mol. The second-order valence-electron chi connectivity index (χ2n) is 7.05. The fourth-order valence-electron chi connectivity index (χ4n) is 3.00. The Hall–Kier alpha value is -2.56. The summed E-state index contributed by atoms with van der Waals surface area (Å²) in [5, 5.41) is 8.70. The summed E-state index contributed by atoms with van der Waals surface area (Å²) >= 11 is 1.41. The molecule has 8 nitrogen and oxygen atoms in total. The highest BCUT2D eigenvalue weighted by molar-refractivity contribution is 7.99. The van der Waals surface area contributed by atoms with E-state index in [2.05, 4.69) is 41.1 Å². The molecule has 0 N–H and O–H groups in total. The van der Waals surface area contributed by atoms with Crippen molar-refractivity contribution in [3.05, 3.63) is 48.5 Å². The van der Waals surface area contributed by atoms with Gasteiger partial charge in [-0.2, -0.15) is 0 Å². The molecule has 0 aliphatic rings. The van der Waals surface area contributed by atoms with Crippen LogP contribution in [0, 0.1) is 0 Å². The molecule has 2 aromatic carbocycles. The van der Waals surface area contributed by atoms with E-state index < -0.39 is 10.0 Å². The van der Waals surface area contributed by atoms with E-state index >= 15 is 0 Å². The van der Waals surface area contributed by atoms with E-state index in [9.17, 15) is 8.42 Å². The third kappa shape index (κ3) is 5.81. The number of benzene rings is 2. The molecule has 0 bridgehead atoms. The second kappa shape index (κ2) is 10.8. The number of hydrogen-bond donors (Lipinski definition) is 0. The zero-order valence-corrected chi connectivity index (χ0v) is 20.3. The van der Waals surface area contributed by atoms with Gasteiger partial charge in [-0.15, -0.1) is 10.2 Å². The highest BCUT2D eigenvalue weighted by Crippen LogP contribution is 2.25. The van der Waals surface area contributed by atoms with Gasteiger partial charge in [0.25, 0.3) is 5.22 Å². The molecule has 0 aliphatic carbocycles. The standard InChI is InChI=1S/C22H28N4O4S2/c1-5-26(6-2)18-9-7-17(8-10-18)21-23-24-22(30-21)31-16-15-29-19-11-13-20(14-12-19)32(27,28)25(3)4/h7-14H,5-6,15-16H2,1-4H3. The number of aromatic nitrogens is 2. The van der Waals surface area contributed by atoms with Gasteiger partial charge in [-0.05, 0) is 62.4 Å². The largest absolute Gasteiger partial charge is 0.493 e. The first-order chi connectivity index (χ1) is 15.3. The minimum absolute atomic E-state index is 0.229. The zero-order chi connectivity index (χ0) is 23.1. The van der Waals surface area contributed by atoms with Gasteiger partial charge in [0.1, 0.15) is 5.75 Å². The Kier molecular flexibility index (Phi) is 8.16. The summed E-state index contributed by atoms with van der Waals surface area (Å²) in [5.41, 5.74) is 2.04. The van der Waals surface area contributed by atoms with E-state index in [0.717, 1.165) is 24.3 Å². The maximum absolute atomic E-state index is 12.1. The number of rotatable bonds is 11. The van der Waals surface area contributed by atoms with Crippen LogP contribution < -0.4 is 9.64 Å². The van der Waals surface area contributed by atoms with E-state index in [0.29, 0.717) is 29.2 Å². The van der Waals surface area contributed by atoms with Gasteiger partial charge in [-0.3, -0.25) is 0 Å². The molecule has 0 radical (unpaired) electrons. The van der Waals surface area contributed by atoms with Crippen LogP contribution in [0.15, 0.2) is 63.1 Å². The quantitative estimate of drug-likeness (QED) is 0.303. The third-order valence-corrected chi connectivity index (χ3v) is 7.44. The molecule has 3 aromatic rings. The lowest BCUT2D eigenvalue weighted by Gasteiger charge is -2.20. The smallest absolute Gasteiger partial charge is 0.276 e. The molecule has 172 valence electrons. The molecule has 0 atom stereocenters. The number of ether oxygens (including phenoxy) is 1. The normalized spacial score (nSPS) is 11.7. The Balaban J connectivity index is 1.50. The van der Waals surface area contributed by atoms with Gasteiger partial charge in [0.15, 0.2) is 0 Å². The Morgan fingerprint density at radius 1 is 0.969 bits per heavy atom. The van der Waals surface area contributed by atoms with Gasteiger partial charge in [0.2, 0.25) is 15.9 Å². The van der Waals surface area contributed by atoms with Gasteiger partial charge >= 0.3 is 0 Å². The van der Waals surface area contributed by atoms with Crippen molar-refractivity contribution in [2.45, 2.75) is 24.0 Å². The van der Waals surface area contributed by atoms with Crippen molar-refractivity contribution < 1.29 is 17.6 Å². The minimum atomic E-state index is -3.44. The van der Waals surface area contributed by atoms with Gasteiger partial charge in [0.05, 0.1) is 11.5 Å². The lowest BCUT2D eigenvalue weighted by Crippen LogP contribution is -2.22. The van der Waals surface area contributed by atoms with E-state index in [1.54, 1.807) is 12.1 Å². The summed E-state index contributed by atoms with van der Waals surface area (Å²) in [6, 6.07) is 14.4. The Morgan fingerprint density at radius 3 is 2.22 bits per heavy atom. The topological polar surface area (TPSA) is 88.8 Å². The molecule has 0 saturated heterocycles. The van der Waals surface area contributed by atoms with Crippen LogP contribution in [-0.2, 0) is 10.0 Å². The zero-order valence-electron chi connectivity index (χ0n) is 18.7. The first-order valence-corrected chi connectivity index (χ1v) is 12.7. The van der Waals surface area contributed by atoms with E-state index in [-0.39, 0.29) is 4.90 Å². The highest BCUT2D eigenvalue weighted by Gasteiger charge is 2.16. The van der Waals surface area contributed by atoms with Gasteiger partial charge in [-0.1, -0.05) is 11.8 Å². The number of sulfonamides is 1. The molecule has 32 heavy (non-hydrogen) atoms. The molecule has 0 amide bonds. The lowest BCUT2D eigenvalue weighted by molar-refractivity contribution is 0.343. The first kappa shape index (κ1) is 24.1. The van der Waals surface area contributed by atoms with Crippen molar-refractivity contribution in [3.63, 3.8) is 0 Å². The second-order valence-corrected chi connectivity index (χ2v) is 10.2. The molecule has 1 aromatic heterocycles. The van der Waals surface area contributed by atoms with Crippen LogP contribution in [-0.4, -0.2) is 62.5 Å². The van der Waals surface area contributed by atoms with Crippen molar-refractivity contribution in [2.75, 3.05) is 44.4 Å². The van der Waals surface area contributed by atoms with Crippen molar-refractivity contribution >= 4 is 27.5 Å². The van der Waals surface area contributed by atoms with Crippen molar-refractivity contribution in [2.24, 2.45) is 0 Å². The lowest BCUT2D eigenvalue weighted by atomic mass is 10.2. The van der Waals surface area contributed by atoms with Gasteiger partial charge in [0, 0.05) is 44.2 Å². The van der Waals surface area contributed by atoms with Crippen LogP contribution in [0.4, 0.5) is 5.69 Å². The minimum Gasteiger partial charge on any atom is -0.493 e. The van der Waals surface area contributed by atoms with Gasteiger partial charge < -0.3 is 14.1 Å². The molecule has 0 spiro atoms. The Morgan fingerprint density at radius 2 is 1.62 bits per heavy atom. The number of anilines is 1. The SMILES string of the molecule is CCN(CC)c1ccc(-c2nnc(SCCOc3ccc(S(=O)(=O)N(C)C)cc3)o2)cc1. The first-order valence-electron chi connectivity index (χ1n) is 10.3. The van der Waals surface area contributed by atoms with Crippen molar-refractivity contribution in [3.8, 4) is 17.2 Å². The fourth-order valence-corrected chi connectivity index (χ4v) is 4.47. The summed E-state index contributed by atoms with van der Waals surface area (Å²) in [6.07, 6.45) is 0. The van der Waals surface area contributed by atoms with E-state index in [4.69, 9.17) is 9.15 Å². The van der Waals surface area contributed by atoms with Crippen molar-refractivity contribution in [1.29, 1.82) is 0 Å². The Bertz CT molecular complexity index is 1090. The molecule has 3 rings (SSSR count). The van der Waals surface area contributed by atoms with Crippen LogP contribution in [0.5, 0.6) is 5.75 Å². The Labute approximate surface area is 193 Å². The maximum atomic E-state index is 12.1.